The number of nitro groups is 1. The molecule has 2 aromatic rings. The third-order valence-electron chi connectivity index (χ3n) is 4.07. The molecule has 0 spiro atoms. The van der Waals surface area contributed by atoms with Gasteiger partial charge in [0.25, 0.3) is 0 Å². The van der Waals surface area contributed by atoms with E-state index in [4.69, 9.17) is 23.2 Å². The monoisotopic (exact) mass is 381 g/mol. The molecule has 1 aromatic heterocycles. The van der Waals surface area contributed by atoms with Crippen LogP contribution in [-0.2, 0) is 0 Å². The fourth-order valence-electron chi connectivity index (χ4n) is 3.00. The quantitative estimate of drug-likeness (QED) is 0.611. The largest absolute Gasteiger partial charge is 0.353 e. The highest BCUT2D eigenvalue weighted by Crippen LogP contribution is 2.36. The minimum atomic E-state index is -0.455. The molecule has 25 heavy (non-hydrogen) atoms. The minimum absolute atomic E-state index is 0.117. The van der Waals surface area contributed by atoms with Gasteiger partial charge in [0.15, 0.2) is 0 Å². The number of aromatic nitrogens is 2. The second-order valence-electron chi connectivity index (χ2n) is 6.13. The molecule has 2 heterocycles. The van der Waals surface area contributed by atoms with E-state index in [1.54, 1.807) is 18.2 Å². The normalized spacial score (nSPS) is 17.4. The Hall–Kier alpha value is -2.12. The lowest BCUT2D eigenvalue weighted by molar-refractivity contribution is -0.383. The molecule has 1 N–H and O–H groups in total. The fraction of sp³-hybridized carbons (Fsp3) is 0.375. The van der Waals surface area contributed by atoms with Crippen LogP contribution in [0, 0.1) is 16.0 Å². The maximum absolute atomic E-state index is 11.7. The van der Waals surface area contributed by atoms with E-state index in [2.05, 4.69) is 22.2 Å². The van der Waals surface area contributed by atoms with Crippen LogP contribution in [0.5, 0.6) is 0 Å². The van der Waals surface area contributed by atoms with Crippen LogP contribution in [0.1, 0.15) is 19.8 Å². The second-order valence-corrected chi connectivity index (χ2v) is 7.00. The Morgan fingerprint density at radius 3 is 2.64 bits per heavy atom. The average molecular weight is 382 g/mol. The first kappa shape index (κ1) is 17.7. The number of rotatable bonds is 4. The van der Waals surface area contributed by atoms with Crippen molar-refractivity contribution in [2.45, 2.75) is 19.8 Å². The first-order chi connectivity index (χ1) is 11.9. The second kappa shape index (κ2) is 7.41. The summed E-state index contributed by atoms with van der Waals surface area (Å²) in [5, 5.41) is 15.5. The van der Waals surface area contributed by atoms with Gasteiger partial charge in [0.1, 0.15) is 6.33 Å². The van der Waals surface area contributed by atoms with Gasteiger partial charge in [-0.1, -0.05) is 30.1 Å². The number of nitrogens with one attached hydrogen (secondary N) is 1. The molecule has 0 saturated carbocycles. The molecule has 132 valence electrons. The summed E-state index contributed by atoms with van der Waals surface area (Å²) in [6, 6.07) is 4.84. The molecule has 1 saturated heterocycles. The molecule has 3 rings (SSSR count). The number of hydrogen-bond donors (Lipinski definition) is 1. The standard InChI is InChI=1S/C16H17Cl2N5O2/c1-10-3-2-4-22(8-10)16-14(23(24)25)15(19-9-20-16)21-13-6-11(17)5-12(18)7-13/h5-7,9-10H,2-4,8H2,1H3,(H,19,20,21). The number of hydrogen-bond acceptors (Lipinski definition) is 6. The van der Waals surface area contributed by atoms with Crippen LogP contribution in [0.15, 0.2) is 24.5 Å². The third kappa shape index (κ3) is 4.11. The molecule has 1 atom stereocenters. The molecule has 0 bridgehead atoms. The molecule has 1 fully saturated rings. The molecule has 0 aliphatic carbocycles. The predicted molar refractivity (Wildman–Crippen MR) is 99.0 cm³/mol. The summed E-state index contributed by atoms with van der Waals surface area (Å²) in [6.45, 7) is 3.61. The molecular weight excluding hydrogens is 365 g/mol. The summed E-state index contributed by atoms with van der Waals surface area (Å²) in [5.41, 5.74) is 0.380. The topological polar surface area (TPSA) is 84.2 Å². The van der Waals surface area contributed by atoms with Gasteiger partial charge >= 0.3 is 5.69 Å². The molecule has 0 radical (unpaired) electrons. The van der Waals surface area contributed by atoms with Gasteiger partial charge < -0.3 is 10.2 Å². The highest BCUT2D eigenvalue weighted by Gasteiger charge is 2.29. The lowest BCUT2D eigenvalue weighted by atomic mass is 10.0. The smallest absolute Gasteiger partial charge is 0.350 e. The van der Waals surface area contributed by atoms with E-state index in [1.807, 2.05) is 4.90 Å². The van der Waals surface area contributed by atoms with Gasteiger partial charge in [-0.15, -0.1) is 0 Å². The van der Waals surface area contributed by atoms with Gasteiger partial charge in [-0.3, -0.25) is 10.1 Å². The van der Waals surface area contributed by atoms with Crippen LogP contribution >= 0.6 is 23.2 Å². The number of nitrogens with zero attached hydrogens (tertiary/aromatic N) is 4. The van der Waals surface area contributed by atoms with Crippen molar-refractivity contribution in [1.29, 1.82) is 0 Å². The third-order valence-corrected chi connectivity index (χ3v) is 4.50. The van der Waals surface area contributed by atoms with E-state index in [-0.39, 0.29) is 11.5 Å². The average Bonchev–Trinajstić information content (AvgIpc) is 2.53. The minimum Gasteiger partial charge on any atom is -0.350 e. The SMILES string of the molecule is CC1CCCN(c2ncnc(Nc3cc(Cl)cc(Cl)c3)c2[N+](=O)[O-])C1. The van der Waals surface area contributed by atoms with Crippen LogP contribution in [-0.4, -0.2) is 28.0 Å². The van der Waals surface area contributed by atoms with Crippen molar-refractivity contribution in [2.24, 2.45) is 5.92 Å². The van der Waals surface area contributed by atoms with Crippen LogP contribution in [0.4, 0.5) is 23.0 Å². The van der Waals surface area contributed by atoms with E-state index < -0.39 is 4.92 Å². The Bertz CT molecular complexity index is 782. The van der Waals surface area contributed by atoms with Gasteiger partial charge in [-0.05, 0) is 37.0 Å². The summed E-state index contributed by atoms with van der Waals surface area (Å²) >= 11 is 12.0. The van der Waals surface area contributed by atoms with Crippen LogP contribution in [0.3, 0.4) is 0 Å². The predicted octanol–water partition coefficient (Wildman–Crippen LogP) is 4.67. The van der Waals surface area contributed by atoms with E-state index in [9.17, 15) is 10.1 Å². The van der Waals surface area contributed by atoms with Crippen LogP contribution < -0.4 is 10.2 Å². The molecule has 7 nitrogen and oxygen atoms in total. The Morgan fingerprint density at radius 1 is 1.28 bits per heavy atom. The van der Waals surface area contributed by atoms with Crippen molar-refractivity contribution < 1.29 is 4.92 Å². The molecule has 9 heteroatoms. The number of benzene rings is 1. The Labute approximate surface area is 155 Å². The summed E-state index contributed by atoms with van der Waals surface area (Å²) in [5.74, 6) is 0.917. The van der Waals surface area contributed by atoms with E-state index >= 15 is 0 Å². The Kier molecular flexibility index (Phi) is 5.24. The first-order valence-electron chi connectivity index (χ1n) is 7.91. The van der Waals surface area contributed by atoms with E-state index in [1.165, 1.54) is 6.33 Å². The summed E-state index contributed by atoms with van der Waals surface area (Å²) in [6.07, 6.45) is 3.42. The van der Waals surface area contributed by atoms with Gasteiger partial charge in [0, 0.05) is 28.8 Å². The number of halogens is 2. The Morgan fingerprint density at radius 2 is 2.00 bits per heavy atom. The van der Waals surface area contributed by atoms with Crippen molar-refractivity contribution >= 4 is 46.2 Å². The van der Waals surface area contributed by atoms with Crippen molar-refractivity contribution in [3.05, 3.63) is 44.7 Å². The lowest BCUT2D eigenvalue weighted by Crippen LogP contribution is -2.35. The highest BCUT2D eigenvalue weighted by molar-refractivity contribution is 6.35. The molecule has 1 aliphatic rings. The Balaban J connectivity index is 1.99. The number of piperidine rings is 1. The summed E-state index contributed by atoms with van der Waals surface area (Å²) in [7, 11) is 0. The number of anilines is 3. The van der Waals surface area contributed by atoms with Gasteiger partial charge in [0.2, 0.25) is 11.6 Å². The molecule has 0 amide bonds. The van der Waals surface area contributed by atoms with Gasteiger partial charge in [-0.2, -0.15) is 0 Å². The maximum Gasteiger partial charge on any atom is 0.353 e. The van der Waals surface area contributed by atoms with Crippen molar-refractivity contribution in [3.8, 4) is 0 Å². The zero-order valence-corrected chi connectivity index (χ0v) is 15.1. The lowest BCUT2D eigenvalue weighted by Gasteiger charge is -2.31. The maximum atomic E-state index is 11.7. The van der Waals surface area contributed by atoms with Crippen molar-refractivity contribution in [1.82, 2.24) is 9.97 Å². The highest BCUT2D eigenvalue weighted by atomic mass is 35.5. The molecular formula is C16H17Cl2N5O2. The van der Waals surface area contributed by atoms with Crippen molar-refractivity contribution in [3.63, 3.8) is 0 Å². The van der Waals surface area contributed by atoms with E-state index in [0.717, 1.165) is 25.9 Å². The summed E-state index contributed by atoms with van der Waals surface area (Å²) in [4.78, 5) is 21.4. The fourth-order valence-corrected chi connectivity index (χ4v) is 3.53. The zero-order valence-electron chi connectivity index (χ0n) is 13.6. The van der Waals surface area contributed by atoms with Crippen LogP contribution in [0.2, 0.25) is 10.0 Å². The van der Waals surface area contributed by atoms with Gasteiger partial charge in [0.05, 0.1) is 4.92 Å². The summed E-state index contributed by atoms with van der Waals surface area (Å²) < 4.78 is 0. The van der Waals surface area contributed by atoms with Crippen LogP contribution in [0.25, 0.3) is 0 Å². The molecule has 1 unspecified atom stereocenters. The van der Waals surface area contributed by atoms with Crippen molar-refractivity contribution in [2.75, 3.05) is 23.3 Å². The zero-order chi connectivity index (χ0) is 18.0. The first-order valence-corrected chi connectivity index (χ1v) is 8.67. The van der Waals surface area contributed by atoms with E-state index in [0.29, 0.717) is 27.5 Å². The van der Waals surface area contributed by atoms with Gasteiger partial charge in [-0.25, -0.2) is 9.97 Å². The molecule has 1 aromatic carbocycles. The molecule has 1 aliphatic heterocycles.